The molecule has 0 saturated heterocycles. The molecule has 1 unspecified atom stereocenters. The normalized spacial score (nSPS) is 11.8. The fourth-order valence-corrected chi connectivity index (χ4v) is 2.33. The minimum atomic E-state index is 0.0737. The lowest BCUT2D eigenvalue weighted by Gasteiger charge is -2.11. The van der Waals surface area contributed by atoms with Gasteiger partial charge in [0.15, 0.2) is 0 Å². The third-order valence-electron chi connectivity index (χ3n) is 2.45. The third kappa shape index (κ3) is 2.15. The molecule has 2 aromatic carbocycles. The van der Waals surface area contributed by atoms with Gasteiger partial charge in [0.1, 0.15) is 0 Å². The number of alkyl halides is 1. The largest absolute Gasteiger partial charge is 0.192 e. The van der Waals surface area contributed by atoms with Gasteiger partial charge in [-0.2, -0.15) is 5.26 Å². The van der Waals surface area contributed by atoms with E-state index in [0.29, 0.717) is 5.56 Å². The van der Waals surface area contributed by atoms with E-state index < -0.39 is 0 Å². The van der Waals surface area contributed by atoms with Gasteiger partial charge in [-0.05, 0) is 17.2 Å². The van der Waals surface area contributed by atoms with E-state index >= 15 is 0 Å². The molecule has 0 radical (unpaired) electrons. The molecule has 0 heterocycles. The lowest BCUT2D eigenvalue weighted by molar-refractivity contribution is 1.16. The maximum atomic E-state index is 9.04. The lowest BCUT2D eigenvalue weighted by atomic mass is 10.0. The van der Waals surface area contributed by atoms with Gasteiger partial charge in [-0.1, -0.05) is 64.5 Å². The Balaban J connectivity index is 2.42. The van der Waals surface area contributed by atoms with Gasteiger partial charge in [-0.25, -0.2) is 0 Å². The first-order valence-electron chi connectivity index (χ1n) is 5.01. The van der Waals surface area contributed by atoms with Crippen LogP contribution in [0.25, 0.3) is 0 Å². The average Bonchev–Trinajstić information content (AvgIpc) is 2.39. The van der Waals surface area contributed by atoms with E-state index in [2.05, 4.69) is 22.0 Å². The third-order valence-corrected chi connectivity index (χ3v) is 3.47. The van der Waals surface area contributed by atoms with Crippen LogP contribution in [0, 0.1) is 11.3 Å². The highest BCUT2D eigenvalue weighted by Crippen LogP contribution is 2.32. The Morgan fingerprint density at radius 1 is 0.938 bits per heavy atom. The fourth-order valence-electron chi connectivity index (χ4n) is 1.62. The second kappa shape index (κ2) is 4.96. The Kier molecular flexibility index (Phi) is 3.38. The average molecular weight is 272 g/mol. The van der Waals surface area contributed by atoms with Crippen LogP contribution >= 0.6 is 15.9 Å². The molecule has 0 spiro atoms. The van der Waals surface area contributed by atoms with Crippen LogP contribution in [-0.4, -0.2) is 0 Å². The van der Waals surface area contributed by atoms with Gasteiger partial charge in [0, 0.05) is 0 Å². The summed E-state index contributed by atoms with van der Waals surface area (Å²) in [7, 11) is 0. The minimum Gasteiger partial charge on any atom is -0.192 e. The first-order chi connectivity index (χ1) is 7.83. The summed E-state index contributed by atoms with van der Waals surface area (Å²) in [4.78, 5) is 0.0737. The summed E-state index contributed by atoms with van der Waals surface area (Å²) in [5, 5.41) is 9.04. The number of hydrogen-bond donors (Lipinski definition) is 0. The number of hydrogen-bond acceptors (Lipinski definition) is 1. The SMILES string of the molecule is N#Cc1ccccc1C(Br)c1ccccc1. The van der Waals surface area contributed by atoms with Gasteiger partial charge in [0.05, 0.1) is 16.5 Å². The van der Waals surface area contributed by atoms with Crippen molar-refractivity contribution in [2.75, 3.05) is 0 Å². The smallest absolute Gasteiger partial charge is 0.0995 e. The van der Waals surface area contributed by atoms with Crippen molar-refractivity contribution < 1.29 is 0 Å². The summed E-state index contributed by atoms with van der Waals surface area (Å²) in [6.07, 6.45) is 0. The monoisotopic (exact) mass is 271 g/mol. The molecule has 0 aliphatic rings. The predicted octanol–water partition coefficient (Wildman–Crippen LogP) is 4.04. The van der Waals surface area contributed by atoms with Crippen molar-refractivity contribution >= 4 is 15.9 Å². The molecule has 78 valence electrons. The molecule has 0 saturated carbocycles. The standard InChI is InChI=1S/C14H10BrN/c15-14(11-6-2-1-3-7-11)13-9-5-4-8-12(13)10-16/h1-9,14H. The van der Waals surface area contributed by atoms with Gasteiger partial charge < -0.3 is 0 Å². The maximum absolute atomic E-state index is 9.04. The Bertz CT molecular complexity index is 514. The molecular weight excluding hydrogens is 262 g/mol. The number of benzene rings is 2. The Hall–Kier alpha value is -1.59. The van der Waals surface area contributed by atoms with Gasteiger partial charge in [0.2, 0.25) is 0 Å². The van der Waals surface area contributed by atoms with E-state index in [-0.39, 0.29) is 4.83 Å². The molecule has 0 fully saturated rings. The van der Waals surface area contributed by atoms with Crippen molar-refractivity contribution in [2.45, 2.75) is 4.83 Å². The molecule has 2 rings (SSSR count). The number of nitriles is 1. The molecule has 0 aliphatic carbocycles. The molecule has 2 aromatic rings. The summed E-state index contributed by atoms with van der Waals surface area (Å²) in [6, 6.07) is 19.9. The number of nitrogens with zero attached hydrogens (tertiary/aromatic N) is 1. The predicted molar refractivity (Wildman–Crippen MR) is 68.4 cm³/mol. The second-order valence-electron chi connectivity index (χ2n) is 3.47. The van der Waals surface area contributed by atoms with Crippen molar-refractivity contribution in [3.05, 3.63) is 71.3 Å². The van der Waals surface area contributed by atoms with Crippen molar-refractivity contribution in [2.24, 2.45) is 0 Å². The zero-order valence-electron chi connectivity index (χ0n) is 8.60. The van der Waals surface area contributed by atoms with E-state index in [9.17, 15) is 0 Å². The highest BCUT2D eigenvalue weighted by Gasteiger charge is 2.13. The molecule has 1 atom stereocenters. The van der Waals surface area contributed by atoms with Crippen molar-refractivity contribution in [1.29, 1.82) is 5.26 Å². The van der Waals surface area contributed by atoms with E-state index in [1.165, 1.54) is 0 Å². The number of halogens is 1. The molecule has 0 amide bonds. The van der Waals surface area contributed by atoms with Crippen LogP contribution in [0.5, 0.6) is 0 Å². The molecule has 0 aromatic heterocycles. The Morgan fingerprint density at radius 3 is 2.25 bits per heavy atom. The van der Waals surface area contributed by atoms with Crippen LogP contribution in [0.3, 0.4) is 0 Å². The zero-order chi connectivity index (χ0) is 11.4. The fraction of sp³-hybridized carbons (Fsp3) is 0.0714. The van der Waals surface area contributed by atoms with Gasteiger partial charge in [-0.3, -0.25) is 0 Å². The van der Waals surface area contributed by atoms with Gasteiger partial charge >= 0.3 is 0 Å². The summed E-state index contributed by atoms with van der Waals surface area (Å²) in [5.74, 6) is 0. The van der Waals surface area contributed by atoms with Crippen molar-refractivity contribution in [1.82, 2.24) is 0 Å². The number of rotatable bonds is 2. The topological polar surface area (TPSA) is 23.8 Å². The quantitative estimate of drug-likeness (QED) is 0.757. The molecule has 16 heavy (non-hydrogen) atoms. The zero-order valence-corrected chi connectivity index (χ0v) is 10.2. The highest BCUT2D eigenvalue weighted by molar-refractivity contribution is 9.09. The van der Waals surface area contributed by atoms with Crippen LogP contribution in [0.15, 0.2) is 54.6 Å². The molecule has 0 N–H and O–H groups in total. The van der Waals surface area contributed by atoms with Crippen LogP contribution in [-0.2, 0) is 0 Å². The van der Waals surface area contributed by atoms with Crippen molar-refractivity contribution in [3.63, 3.8) is 0 Å². The highest BCUT2D eigenvalue weighted by atomic mass is 79.9. The summed E-state index contributed by atoms with van der Waals surface area (Å²) in [6.45, 7) is 0. The van der Waals surface area contributed by atoms with Crippen LogP contribution in [0.1, 0.15) is 21.5 Å². The summed E-state index contributed by atoms with van der Waals surface area (Å²) < 4.78 is 0. The molecule has 0 bridgehead atoms. The maximum Gasteiger partial charge on any atom is 0.0995 e. The molecule has 0 aliphatic heterocycles. The van der Waals surface area contributed by atoms with E-state index in [0.717, 1.165) is 11.1 Å². The van der Waals surface area contributed by atoms with Crippen LogP contribution in [0.2, 0.25) is 0 Å². The van der Waals surface area contributed by atoms with E-state index in [4.69, 9.17) is 5.26 Å². The first-order valence-corrected chi connectivity index (χ1v) is 5.92. The molecule has 2 heteroatoms. The second-order valence-corrected chi connectivity index (χ2v) is 4.39. The molecule has 1 nitrogen and oxygen atoms in total. The lowest BCUT2D eigenvalue weighted by Crippen LogP contribution is -1.95. The van der Waals surface area contributed by atoms with Gasteiger partial charge in [0.25, 0.3) is 0 Å². The van der Waals surface area contributed by atoms with E-state index in [1.807, 2.05) is 54.6 Å². The van der Waals surface area contributed by atoms with Crippen molar-refractivity contribution in [3.8, 4) is 6.07 Å². The van der Waals surface area contributed by atoms with Crippen LogP contribution in [0.4, 0.5) is 0 Å². The van der Waals surface area contributed by atoms with E-state index in [1.54, 1.807) is 0 Å². The first kappa shape index (κ1) is 10.9. The summed E-state index contributed by atoms with van der Waals surface area (Å²) in [5.41, 5.74) is 2.88. The summed E-state index contributed by atoms with van der Waals surface area (Å²) >= 11 is 3.63. The van der Waals surface area contributed by atoms with Crippen LogP contribution < -0.4 is 0 Å². The Morgan fingerprint density at radius 2 is 1.56 bits per heavy atom. The molecular formula is C14H10BrN. The minimum absolute atomic E-state index is 0.0737. The Labute approximate surface area is 103 Å². The van der Waals surface area contributed by atoms with Gasteiger partial charge in [-0.15, -0.1) is 0 Å².